The molecule has 1 fully saturated rings. The Labute approximate surface area is 179 Å². The highest BCUT2D eigenvalue weighted by Gasteiger charge is 2.18. The van der Waals surface area contributed by atoms with Crippen molar-refractivity contribution >= 4 is 5.91 Å². The number of amides is 1. The molecule has 0 unspecified atom stereocenters. The summed E-state index contributed by atoms with van der Waals surface area (Å²) < 4.78 is 10.6. The lowest BCUT2D eigenvalue weighted by atomic mass is 10.1. The van der Waals surface area contributed by atoms with Crippen LogP contribution in [0.4, 0.5) is 0 Å². The smallest absolute Gasteiger partial charge is 0.234 e. The molecule has 1 heterocycles. The minimum absolute atomic E-state index is 0.0909. The summed E-state index contributed by atoms with van der Waals surface area (Å²) in [6.45, 7) is 6.09. The fourth-order valence-electron chi connectivity index (χ4n) is 3.74. The average Bonchev–Trinajstić information content (AvgIpc) is 2.79. The van der Waals surface area contributed by atoms with E-state index in [-0.39, 0.29) is 5.91 Å². The lowest BCUT2D eigenvalue weighted by molar-refractivity contribution is -0.122. The van der Waals surface area contributed by atoms with Crippen molar-refractivity contribution in [2.24, 2.45) is 0 Å². The average molecular weight is 412 g/mol. The summed E-state index contributed by atoms with van der Waals surface area (Å²) in [4.78, 5) is 17.0. The van der Waals surface area contributed by atoms with Crippen LogP contribution in [0.3, 0.4) is 0 Å². The number of nitrogens with zero attached hydrogens (tertiary/aromatic N) is 2. The van der Waals surface area contributed by atoms with Crippen LogP contribution < -0.4 is 14.8 Å². The molecule has 0 spiro atoms. The number of benzene rings is 2. The van der Waals surface area contributed by atoms with Crippen molar-refractivity contribution < 1.29 is 14.3 Å². The van der Waals surface area contributed by atoms with Gasteiger partial charge in [-0.15, -0.1) is 0 Å². The van der Waals surface area contributed by atoms with Gasteiger partial charge in [0.25, 0.3) is 0 Å². The second-order valence-corrected chi connectivity index (χ2v) is 7.64. The van der Waals surface area contributed by atoms with E-state index < -0.39 is 0 Å². The maximum absolute atomic E-state index is 12.3. The minimum Gasteiger partial charge on any atom is -0.493 e. The molecule has 2 aromatic carbocycles. The summed E-state index contributed by atoms with van der Waals surface area (Å²) in [5.41, 5.74) is 2.49. The van der Waals surface area contributed by atoms with Crippen LogP contribution in [-0.4, -0.2) is 75.7 Å². The Balaban J connectivity index is 1.32. The molecule has 0 aromatic heterocycles. The molecular formula is C24H33N3O3. The van der Waals surface area contributed by atoms with Crippen LogP contribution in [0.1, 0.15) is 11.1 Å². The molecule has 1 aliphatic rings. The van der Waals surface area contributed by atoms with Gasteiger partial charge in [-0.25, -0.2) is 0 Å². The summed E-state index contributed by atoms with van der Waals surface area (Å²) >= 11 is 0. The van der Waals surface area contributed by atoms with E-state index in [1.165, 1.54) is 5.56 Å². The van der Waals surface area contributed by atoms with Crippen LogP contribution in [-0.2, 0) is 17.6 Å². The number of carbonyl (C=O) groups is 1. The molecule has 0 aliphatic carbocycles. The standard InChI is InChI=1S/C24H33N3O3/c1-29-22-9-8-21(18-23(22)30-2)10-12-25-24(28)19-27-16-14-26(15-17-27)13-11-20-6-4-3-5-7-20/h3-9,18H,10-17,19H2,1-2H3,(H,25,28). The van der Waals surface area contributed by atoms with Gasteiger partial charge in [0.05, 0.1) is 20.8 Å². The van der Waals surface area contributed by atoms with E-state index in [2.05, 4.69) is 45.4 Å². The van der Waals surface area contributed by atoms with Crippen molar-refractivity contribution in [1.29, 1.82) is 0 Å². The Morgan fingerprint density at radius 1 is 0.867 bits per heavy atom. The van der Waals surface area contributed by atoms with Gasteiger partial charge in [-0.3, -0.25) is 9.69 Å². The predicted molar refractivity (Wildman–Crippen MR) is 119 cm³/mol. The van der Waals surface area contributed by atoms with E-state index >= 15 is 0 Å². The van der Waals surface area contributed by atoms with Crippen LogP contribution in [0.25, 0.3) is 0 Å². The number of methoxy groups -OCH3 is 2. The van der Waals surface area contributed by atoms with Gasteiger partial charge in [0, 0.05) is 39.3 Å². The number of hydrogen-bond donors (Lipinski definition) is 1. The zero-order valence-electron chi connectivity index (χ0n) is 18.1. The molecule has 0 bridgehead atoms. The van der Waals surface area contributed by atoms with E-state index in [0.717, 1.165) is 51.1 Å². The molecule has 0 atom stereocenters. The highest BCUT2D eigenvalue weighted by Crippen LogP contribution is 2.27. The van der Waals surface area contributed by atoms with Gasteiger partial charge in [0.15, 0.2) is 11.5 Å². The third-order valence-electron chi connectivity index (χ3n) is 5.58. The topological polar surface area (TPSA) is 54.0 Å². The van der Waals surface area contributed by atoms with E-state index in [9.17, 15) is 4.79 Å². The Morgan fingerprint density at radius 3 is 2.27 bits per heavy atom. The van der Waals surface area contributed by atoms with Crippen molar-refractivity contribution in [3.63, 3.8) is 0 Å². The summed E-state index contributed by atoms with van der Waals surface area (Å²) in [6, 6.07) is 16.5. The molecule has 1 aliphatic heterocycles. The number of carbonyl (C=O) groups excluding carboxylic acids is 1. The van der Waals surface area contributed by atoms with Crippen LogP contribution in [0, 0.1) is 0 Å². The Kier molecular flexibility index (Phi) is 8.53. The quantitative estimate of drug-likeness (QED) is 0.650. The van der Waals surface area contributed by atoms with Crippen molar-refractivity contribution in [1.82, 2.24) is 15.1 Å². The maximum Gasteiger partial charge on any atom is 0.234 e. The highest BCUT2D eigenvalue weighted by atomic mass is 16.5. The summed E-state index contributed by atoms with van der Waals surface area (Å²) in [7, 11) is 3.26. The van der Waals surface area contributed by atoms with Gasteiger partial charge in [-0.1, -0.05) is 36.4 Å². The fourth-order valence-corrected chi connectivity index (χ4v) is 3.74. The number of nitrogens with one attached hydrogen (secondary N) is 1. The molecule has 0 saturated carbocycles. The molecule has 6 heteroatoms. The fraction of sp³-hybridized carbons (Fsp3) is 0.458. The minimum atomic E-state index is 0.0909. The van der Waals surface area contributed by atoms with Crippen LogP contribution in [0.5, 0.6) is 11.5 Å². The van der Waals surface area contributed by atoms with Gasteiger partial charge in [-0.2, -0.15) is 0 Å². The van der Waals surface area contributed by atoms with Crippen LogP contribution in [0.15, 0.2) is 48.5 Å². The predicted octanol–water partition coefficient (Wildman–Crippen LogP) is 2.22. The maximum atomic E-state index is 12.3. The number of rotatable bonds is 10. The first-order valence-electron chi connectivity index (χ1n) is 10.6. The molecular weight excluding hydrogens is 378 g/mol. The van der Waals surface area contributed by atoms with Gasteiger partial charge < -0.3 is 19.7 Å². The summed E-state index contributed by atoms with van der Waals surface area (Å²) in [6.07, 6.45) is 1.84. The molecule has 1 amide bonds. The van der Waals surface area contributed by atoms with E-state index in [1.54, 1.807) is 14.2 Å². The number of ether oxygens (including phenoxy) is 2. The molecule has 1 saturated heterocycles. The summed E-state index contributed by atoms with van der Waals surface area (Å²) in [5.74, 6) is 1.52. The first kappa shape index (κ1) is 22.1. The Hall–Kier alpha value is -2.57. The monoisotopic (exact) mass is 411 g/mol. The van der Waals surface area contributed by atoms with Crippen LogP contribution in [0.2, 0.25) is 0 Å². The zero-order chi connectivity index (χ0) is 21.2. The lowest BCUT2D eigenvalue weighted by Crippen LogP contribution is -2.49. The molecule has 30 heavy (non-hydrogen) atoms. The first-order chi connectivity index (χ1) is 14.7. The molecule has 162 valence electrons. The van der Waals surface area contributed by atoms with Crippen molar-refractivity contribution in [3.8, 4) is 11.5 Å². The summed E-state index contributed by atoms with van der Waals surface area (Å²) in [5, 5.41) is 3.04. The molecule has 6 nitrogen and oxygen atoms in total. The Bertz CT molecular complexity index is 790. The largest absolute Gasteiger partial charge is 0.493 e. The normalized spacial score (nSPS) is 15.0. The first-order valence-corrected chi connectivity index (χ1v) is 10.6. The van der Waals surface area contributed by atoms with Crippen molar-refractivity contribution in [2.45, 2.75) is 12.8 Å². The second-order valence-electron chi connectivity index (χ2n) is 7.64. The second kappa shape index (κ2) is 11.6. The van der Waals surface area contributed by atoms with E-state index in [0.29, 0.717) is 24.6 Å². The molecule has 0 radical (unpaired) electrons. The molecule has 3 rings (SSSR count). The lowest BCUT2D eigenvalue weighted by Gasteiger charge is -2.34. The van der Waals surface area contributed by atoms with Crippen LogP contribution >= 0.6 is 0 Å². The Morgan fingerprint density at radius 2 is 1.57 bits per heavy atom. The SMILES string of the molecule is COc1ccc(CCNC(=O)CN2CCN(CCc3ccccc3)CC2)cc1OC. The van der Waals surface area contributed by atoms with Gasteiger partial charge >= 0.3 is 0 Å². The van der Waals surface area contributed by atoms with Gasteiger partial charge in [0.2, 0.25) is 5.91 Å². The van der Waals surface area contributed by atoms with E-state index in [1.807, 2.05) is 18.2 Å². The zero-order valence-corrected chi connectivity index (χ0v) is 18.1. The third kappa shape index (κ3) is 6.75. The van der Waals surface area contributed by atoms with Gasteiger partial charge in [-0.05, 0) is 36.1 Å². The van der Waals surface area contributed by atoms with E-state index in [4.69, 9.17) is 9.47 Å². The number of hydrogen-bond acceptors (Lipinski definition) is 5. The van der Waals surface area contributed by atoms with Crippen molar-refractivity contribution in [2.75, 3.05) is 60.0 Å². The van der Waals surface area contributed by atoms with Gasteiger partial charge in [0.1, 0.15) is 0 Å². The third-order valence-corrected chi connectivity index (χ3v) is 5.58. The molecule has 1 N–H and O–H groups in total. The van der Waals surface area contributed by atoms with Crippen molar-refractivity contribution in [3.05, 3.63) is 59.7 Å². The number of piperazine rings is 1. The molecule has 2 aromatic rings. The highest BCUT2D eigenvalue weighted by molar-refractivity contribution is 5.78.